The number of hydrogen-bond acceptors (Lipinski definition) is 7. The fraction of sp³-hybridized carbons (Fsp3) is 0.314. The highest BCUT2D eigenvalue weighted by molar-refractivity contribution is 8.00. The van der Waals surface area contributed by atoms with Gasteiger partial charge >= 0.3 is 4.87 Å². The predicted octanol–water partition coefficient (Wildman–Crippen LogP) is 5.75. The fourth-order valence-electron chi connectivity index (χ4n) is 8.12. The summed E-state index contributed by atoms with van der Waals surface area (Å²) < 4.78 is 5.94. The van der Waals surface area contributed by atoms with Gasteiger partial charge in [0, 0.05) is 21.7 Å². The van der Waals surface area contributed by atoms with Gasteiger partial charge in [-0.15, -0.1) is 11.8 Å². The van der Waals surface area contributed by atoms with Crippen LogP contribution in [0.5, 0.6) is 5.75 Å². The van der Waals surface area contributed by atoms with E-state index in [-0.39, 0.29) is 70.0 Å². The molecule has 3 heterocycles. The number of aromatic nitrogens is 1. The van der Waals surface area contributed by atoms with Crippen LogP contribution in [-0.4, -0.2) is 34.6 Å². The largest absolute Gasteiger partial charge is 0.484 e. The Morgan fingerprint density at radius 3 is 2.36 bits per heavy atom. The number of anilines is 2. The van der Waals surface area contributed by atoms with Crippen LogP contribution in [0.1, 0.15) is 33.9 Å². The van der Waals surface area contributed by atoms with Gasteiger partial charge in [0.1, 0.15) is 5.75 Å². The summed E-state index contributed by atoms with van der Waals surface area (Å²) in [6.45, 7) is 3.83. The van der Waals surface area contributed by atoms with E-state index in [0.717, 1.165) is 33.0 Å². The molecule has 2 aliphatic heterocycles. The van der Waals surface area contributed by atoms with Crippen molar-refractivity contribution in [3.63, 3.8) is 0 Å². The molecule has 6 unspecified atom stereocenters. The Hall–Kier alpha value is -4.15. The topological polar surface area (TPSA) is 109 Å². The second-order valence-corrected chi connectivity index (χ2v) is 14.8. The lowest BCUT2D eigenvalue weighted by atomic mass is 9.68. The number of fused-ring (bicyclic) bond motifs is 9. The second kappa shape index (κ2) is 10.7. The van der Waals surface area contributed by atoms with E-state index < -0.39 is 0 Å². The molecule has 8 nitrogen and oxygen atoms in total. The molecule has 8 rings (SSSR count). The van der Waals surface area contributed by atoms with Gasteiger partial charge < -0.3 is 15.0 Å². The summed E-state index contributed by atoms with van der Waals surface area (Å²) in [7, 11) is 0. The van der Waals surface area contributed by atoms with Crippen LogP contribution in [0.25, 0.3) is 0 Å². The van der Waals surface area contributed by atoms with Crippen molar-refractivity contribution < 1.29 is 19.1 Å². The Morgan fingerprint density at radius 1 is 0.933 bits per heavy atom. The average Bonchev–Trinajstić information content (AvgIpc) is 3.77. The summed E-state index contributed by atoms with van der Waals surface area (Å²) in [5, 5.41) is 3.82. The lowest BCUT2D eigenvalue weighted by Crippen LogP contribution is -2.42. The van der Waals surface area contributed by atoms with Crippen molar-refractivity contribution in [3.8, 4) is 5.75 Å². The quantitative estimate of drug-likeness (QED) is 0.261. The zero-order valence-corrected chi connectivity index (χ0v) is 26.3. The summed E-state index contributed by atoms with van der Waals surface area (Å²) in [6.07, 6.45) is 0.821. The molecule has 4 aliphatic rings. The molecule has 1 saturated heterocycles. The Balaban J connectivity index is 1.08. The first-order chi connectivity index (χ1) is 21.8. The van der Waals surface area contributed by atoms with E-state index in [4.69, 9.17) is 4.74 Å². The van der Waals surface area contributed by atoms with Crippen LogP contribution < -0.4 is 19.8 Å². The number of aryl methyl sites for hydroxylation is 2. The lowest BCUT2D eigenvalue weighted by Gasteiger charge is -2.43. The van der Waals surface area contributed by atoms with E-state index in [2.05, 4.69) is 10.3 Å². The minimum absolute atomic E-state index is 0.0182. The molecule has 0 radical (unpaired) electrons. The molecule has 3 aromatic carbocycles. The van der Waals surface area contributed by atoms with Crippen molar-refractivity contribution in [2.75, 3.05) is 16.8 Å². The molecule has 2 saturated carbocycles. The van der Waals surface area contributed by atoms with Gasteiger partial charge in [-0.1, -0.05) is 58.9 Å². The molecule has 228 valence electrons. The minimum Gasteiger partial charge on any atom is -0.484 e. The number of hydrogen-bond donors (Lipinski definition) is 2. The third-order valence-corrected chi connectivity index (χ3v) is 12.5. The van der Waals surface area contributed by atoms with Gasteiger partial charge in [0.05, 0.1) is 22.5 Å². The van der Waals surface area contributed by atoms with Gasteiger partial charge in [0.2, 0.25) is 11.8 Å². The molecule has 1 aromatic heterocycles. The summed E-state index contributed by atoms with van der Waals surface area (Å²) >= 11 is 2.89. The predicted molar refractivity (Wildman–Crippen MR) is 174 cm³/mol. The molecular weight excluding hydrogens is 607 g/mol. The number of thiazole rings is 1. The number of carbonyl (C=O) groups excluding carboxylic acids is 3. The van der Waals surface area contributed by atoms with Gasteiger partial charge in [-0.05, 0) is 80.0 Å². The van der Waals surface area contributed by atoms with E-state index in [0.29, 0.717) is 17.1 Å². The molecule has 4 aromatic rings. The molecule has 3 fully saturated rings. The molecular formula is C35H31N3O5S2. The van der Waals surface area contributed by atoms with Gasteiger partial charge in [0.25, 0.3) is 5.91 Å². The van der Waals surface area contributed by atoms with E-state index >= 15 is 0 Å². The zero-order chi connectivity index (χ0) is 31.0. The number of ether oxygens (including phenoxy) is 1. The van der Waals surface area contributed by atoms with Crippen LogP contribution in [0.2, 0.25) is 0 Å². The third kappa shape index (κ3) is 4.65. The maximum absolute atomic E-state index is 14.0. The van der Waals surface area contributed by atoms with Crippen LogP contribution in [0.4, 0.5) is 11.4 Å². The van der Waals surface area contributed by atoms with Gasteiger partial charge in [-0.2, -0.15) is 0 Å². The van der Waals surface area contributed by atoms with Crippen molar-refractivity contribution in [1.82, 2.24) is 4.98 Å². The Kier molecular flexibility index (Phi) is 6.76. The van der Waals surface area contributed by atoms with Crippen molar-refractivity contribution in [3.05, 3.63) is 104 Å². The van der Waals surface area contributed by atoms with E-state index in [9.17, 15) is 19.2 Å². The van der Waals surface area contributed by atoms with Crippen molar-refractivity contribution in [1.29, 1.82) is 0 Å². The number of benzene rings is 3. The number of amides is 3. The Morgan fingerprint density at radius 2 is 1.62 bits per heavy atom. The fourth-order valence-corrected chi connectivity index (χ4v) is 11.0. The van der Waals surface area contributed by atoms with Crippen molar-refractivity contribution in [2.45, 2.75) is 36.5 Å². The second-order valence-electron chi connectivity index (χ2n) is 12.6. The number of aromatic amines is 1. The van der Waals surface area contributed by atoms with E-state index in [1.54, 1.807) is 11.8 Å². The van der Waals surface area contributed by atoms with Gasteiger partial charge in [-0.25, -0.2) is 0 Å². The number of rotatable bonds is 6. The normalized spacial score (nSPS) is 27.7. The summed E-state index contributed by atoms with van der Waals surface area (Å²) in [5.74, 6) is -0.593. The molecule has 0 spiro atoms. The average molecular weight is 638 g/mol. The number of H-pyrrole nitrogens is 1. The lowest BCUT2D eigenvalue weighted by molar-refractivity contribution is -0.123. The van der Waals surface area contributed by atoms with Gasteiger partial charge in [-0.3, -0.25) is 24.1 Å². The maximum Gasteiger partial charge on any atom is 0.305 e. The van der Waals surface area contributed by atoms with E-state index in [1.807, 2.05) is 86.6 Å². The monoisotopic (exact) mass is 637 g/mol. The summed E-state index contributed by atoms with van der Waals surface area (Å²) in [5.41, 5.74) is 4.50. The highest BCUT2D eigenvalue weighted by atomic mass is 32.2. The Bertz CT molecular complexity index is 1900. The Labute approximate surface area is 268 Å². The molecule has 2 N–H and O–H groups in total. The molecule has 2 bridgehead atoms. The number of carbonyl (C=O) groups is 3. The number of imide groups is 1. The number of thioether (sulfide) groups is 1. The number of nitrogens with one attached hydrogen (secondary N) is 2. The maximum atomic E-state index is 14.0. The highest BCUT2D eigenvalue weighted by Gasteiger charge is 2.69. The number of nitrogens with zero attached hydrogens (tertiary/aromatic N) is 1. The van der Waals surface area contributed by atoms with Crippen molar-refractivity contribution >= 4 is 52.2 Å². The zero-order valence-electron chi connectivity index (χ0n) is 24.7. The standard InChI is InChI=1S/C35H31N3O5S2/c1-17-6-10-20(11-7-17)36-25(39)16-43-22-5-3-4-19(14-22)26-27-23-15-24(30(27)44-32-31(26)45-35(42)37-32)29-28(23)33(40)38(34(29)41)21-12-8-18(2)9-13-21/h3-14,23-24,26-30H,15-16H2,1-2H3,(H,36,39)(H,37,42)/t23?,24?,26-,27?,28?,29?,30?/m1/s1. The van der Waals surface area contributed by atoms with Crippen molar-refractivity contribution in [2.24, 2.45) is 29.6 Å². The van der Waals surface area contributed by atoms with E-state index in [1.165, 1.54) is 16.2 Å². The summed E-state index contributed by atoms with van der Waals surface area (Å²) in [6, 6.07) is 22.9. The highest BCUT2D eigenvalue weighted by Crippen LogP contribution is 2.68. The molecule has 7 atom stereocenters. The molecule has 45 heavy (non-hydrogen) atoms. The van der Waals surface area contributed by atoms with Crippen LogP contribution >= 0.6 is 23.1 Å². The first kappa shape index (κ1) is 28.3. The van der Waals surface area contributed by atoms with Gasteiger partial charge in [0.15, 0.2) is 6.61 Å². The minimum atomic E-state index is -0.365. The summed E-state index contributed by atoms with van der Waals surface area (Å²) in [4.78, 5) is 58.4. The molecule has 2 aliphatic carbocycles. The third-order valence-electron chi connectivity index (χ3n) is 9.94. The van der Waals surface area contributed by atoms with Crippen LogP contribution in [-0.2, 0) is 14.4 Å². The van der Waals surface area contributed by atoms with Crippen LogP contribution in [0, 0.1) is 43.4 Å². The molecule has 10 heteroatoms. The van der Waals surface area contributed by atoms with Crippen LogP contribution in [0.15, 0.2) is 82.6 Å². The SMILES string of the molecule is Cc1ccc(NC(=O)COc2cccc([C@H]3c4sc(=O)[nH]c4SC4C5CC(C6C(=O)N(c7ccc(C)cc7)C(=O)C56)C43)c2)cc1. The first-order valence-electron chi connectivity index (χ1n) is 15.2. The first-order valence-corrected chi connectivity index (χ1v) is 16.9. The molecule has 3 amide bonds. The van der Waals surface area contributed by atoms with Crippen LogP contribution in [0.3, 0.4) is 0 Å². The smallest absolute Gasteiger partial charge is 0.305 e.